The third kappa shape index (κ3) is 5.27. The zero-order valence-electron chi connectivity index (χ0n) is 19.0. The first kappa shape index (κ1) is 25.4. The van der Waals surface area contributed by atoms with Gasteiger partial charge in [-0.3, -0.25) is 9.69 Å². The number of likely N-dealkylation sites (N-methyl/N-ethyl adjacent to an activating group) is 1. The molecule has 186 valence electrons. The summed E-state index contributed by atoms with van der Waals surface area (Å²) in [5, 5.41) is 1.41. The van der Waals surface area contributed by atoms with Crippen molar-refractivity contribution < 1.29 is 22.4 Å². The lowest BCUT2D eigenvalue weighted by Gasteiger charge is -2.28. The fourth-order valence-electron chi connectivity index (χ4n) is 4.23. The first-order valence-corrected chi connectivity index (χ1v) is 13.5. The molecule has 0 bridgehead atoms. The van der Waals surface area contributed by atoms with E-state index in [4.69, 9.17) is 11.6 Å². The summed E-state index contributed by atoms with van der Waals surface area (Å²) in [6.45, 7) is 3.62. The Labute approximate surface area is 212 Å². The maximum Gasteiger partial charge on any atom is 0.322 e. The van der Waals surface area contributed by atoms with E-state index in [9.17, 15) is 13.2 Å². The van der Waals surface area contributed by atoms with Crippen LogP contribution in [0.1, 0.15) is 18.9 Å². The largest absolute Gasteiger partial charge is 0.369 e. The molecular formula is C23H24ClFN4O4S2. The fraction of sp³-hybridized carbons (Fsp3) is 0.304. The summed E-state index contributed by atoms with van der Waals surface area (Å²) in [6.07, 6.45) is 0.839. The molecule has 1 aliphatic rings. The number of thiazole rings is 1. The number of hydrogen-bond acceptors (Lipinski definition) is 8. The number of aromatic nitrogens is 1. The minimum absolute atomic E-state index is 0.0537. The molecule has 2 atom stereocenters. The second kappa shape index (κ2) is 10.5. The van der Waals surface area contributed by atoms with Crippen molar-refractivity contribution in [1.29, 1.82) is 0 Å². The van der Waals surface area contributed by atoms with Gasteiger partial charge in [0, 0.05) is 43.7 Å². The molecule has 35 heavy (non-hydrogen) atoms. The third-order valence-electron chi connectivity index (χ3n) is 6.08. The Morgan fingerprint density at radius 2 is 2.06 bits per heavy atom. The molecule has 8 nitrogen and oxygen atoms in total. The summed E-state index contributed by atoms with van der Waals surface area (Å²) < 4.78 is 41.6. The minimum atomic E-state index is -4.62. The normalized spacial score (nSPS) is 18.4. The Morgan fingerprint density at radius 3 is 2.71 bits per heavy atom. The van der Waals surface area contributed by atoms with Crippen molar-refractivity contribution in [2.24, 2.45) is 0 Å². The highest BCUT2D eigenvalue weighted by Gasteiger charge is 2.35. The SMILES string of the molecule is C[C@H]1C[C@H](N(C)c2cc(F)c(S(=O)(=O)N(OC=O)c3cscn3)cc2Cl)CN1Cc1ccccc1. The predicted octanol–water partition coefficient (Wildman–Crippen LogP) is 4.32. The molecule has 2 heterocycles. The van der Waals surface area contributed by atoms with Crippen molar-refractivity contribution in [3.8, 4) is 0 Å². The van der Waals surface area contributed by atoms with Crippen molar-refractivity contribution in [3.63, 3.8) is 0 Å². The number of hydrogen-bond donors (Lipinski definition) is 0. The van der Waals surface area contributed by atoms with Crippen LogP contribution < -0.4 is 9.37 Å². The van der Waals surface area contributed by atoms with Crippen molar-refractivity contribution in [2.45, 2.75) is 36.9 Å². The number of sulfonamides is 1. The van der Waals surface area contributed by atoms with Gasteiger partial charge in [-0.25, -0.2) is 9.37 Å². The smallest absolute Gasteiger partial charge is 0.322 e. The number of benzene rings is 2. The van der Waals surface area contributed by atoms with Gasteiger partial charge in [-0.05, 0) is 25.0 Å². The van der Waals surface area contributed by atoms with Crippen LogP contribution in [0.15, 0.2) is 58.3 Å². The minimum Gasteiger partial charge on any atom is -0.369 e. The summed E-state index contributed by atoms with van der Waals surface area (Å²) in [5.74, 6) is -1.18. The lowest BCUT2D eigenvalue weighted by atomic mass is 10.1. The van der Waals surface area contributed by atoms with E-state index in [2.05, 4.69) is 33.8 Å². The monoisotopic (exact) mass is 538 g/mol. The summed E-state index contributed by atoms with van der Waals surface area (Å²) in [6, 6.07) is 12.6. The Bertz CT molecular complexity index is 1280. The molecule has 1 saturated heterocycles. The molecular weight excluding hydrogens is 515 g/mol. The van der Waals surface area contributed by atoms with Crippen molar-refractivity contribution in [1.82, 2.24) is 9.88 Å². The molecule has 4 rings (SSSR count). The van der Waals surface area contributed by atoms with Gasteiger partial charge in [-0.15, -0.1) is 11.3 Å². The highest BCUT2D eigenvalue weighted by Crippen LogP contribution is 2.36. The third-order valence-corrected chi connectivity index (χ3v) is 8.54. The molecule has 1 aromatic heterocycles. The topological polar surface area (TPSA) is 83.1 Å². The number of halogens is 2. The molecule has 0 unspecified atom stereocenters. The Kier molecular flexibility index (Phi) is 7.60. The number of carbonyl (C=O) groups is 1. The molecule has 12 heteroatoms. The van der Waals surface area contributed by atoms with E-state index in [0.29, 0.717) is 11.7 Å². The second-order valence-corrected chi connectivity index (χ2v) is 11.1. The van der Waals surface area contributed by atoms with E-state index >= 15 is 4.39 Å². The fourth-order valence-corrected chi connectivity index (χ4v) is 6.41. The Balaban J connectivity index is 1.57. The van der Waals surface area contributed by atoms with Gasteiger partial charge in [0.15, 0.2) is 5.82 Å². The molecule has 0 aliphatic carbocycles. The summed E-state index contributed by atoms with van der Waals surface area (Å²) in [5.41, 5.74) is 2.94. The summed E-state index contributed by atoms with van der Waals surface area (Å²) >= 11 is 7.55. The number of anilines is 2. The van der Waals surface area contributed by atoms with Gasteiger partial charge in [0.25, 0.3) is 10.0 Å². The van der Waals surface area contributed by atoms with E-state index in [-0.39, 0.29) is 27.8 Å². The standard InChI is InChI=1S/C23H24ClFN4O4S2/c1-16-8-18(12-28(16)11-17-6-4-3-5-7-17)27(2)21-10-20(25)22(9-19(21)24)35(31,32)29(33-15-30)23-13-34-14-26-23/h3-7,9-10,13-16,18H,8,11-12H2,1-2H3/t16-,18-/m0/s1. The van der Waals surface area contributed by atoms with Crippen LogP contribution in [-0.4, -0.2) is 50.5 Å². The van der Waals surface area contributed by atoms with Crippen LogP contribution in [0.3, 0.4) is 0 Å². The van der Waals surface area contributed by atoms with Crippen molar-refractivity contribution in [2.75, 3.05) is 23.0 Å². The van der Waals surface area contributed by atoms with Crippen LogP contribution in [0, 0.1) is 5.82 Å². The lowest BCUT2D eigenvalue weighted by molar-refractivity contribution is -0.128. The number of carbonyl (C=O) groups excluding carboxylic acids is 1. The van der Waals surface area contributed by atoms with E-state index in [1.807, 2.05) is 30.1 Å². The Morgan fingerprint density at radius 1 is 1.31 bits per heavy atom. The van der Waals surface area contributed by atoms with Crippen LogP contribution in [0.2, 0.25) is 5.02 Å². The molecule has 0 saturated carbocycles. The van der Waals surface area contributed by atoms with Crippen molar-refractivity contribution in [3.05, 3.63) is 69.8 Å². The van der Waals surface area contributed by atoms with Crippen molar-refractivity contribution >= 4 is 50.9 Å². The molecule has 0 radical (unpaired) electrons. The molecule has 1 fully saturated rings. The zero-order valence-corrected chi connectivity index (χ0v) is 21.4. The van der Waals surface area contributed by atoms with Crippen LogP contribution in [0.4, 0.5) is 15.9 Å². The number of nitrogens with zero attached hydrogens (tertiary/aromatic N) is 4. The molecule has 0 N–H and O–H groups in total. The molecule has 2 aromatic carbocycles. The van der Waals surface area contributed by atoms with Crippen LogP contribution in [-0.2, 0) is 26.2 Å². The maximum absolute atomic E-state index is 15.2. The van der Waals surface area contributed by atoms with E-state index in [1.54, 1.807) is 0 Å². The van der Waals surface area contributed by atoms with Crippen LogP contribution in [0.5, 0.6) is 0 Å². The van der Waals surface area contributed by atoms with Crippen LogP contribution in [0.25, 0.3) is 0 Å². The molecule has 3 aromatic rings. The van der Waals surface area contributed by atoms with Gasteiger partial charge < -0.3 is 9.74 Å². The number of rotatable bonds is 9. The lowest BCUT2D eigenvalue weighted by Crippen LogP contribution is -2.35. The first-order chi connectivity index (χ1) is 16.7. The summed E-state index contributed by atoms with van der Waals surface area (Å²) in [7, 11) is -2.80. The second-order valence-electron chi connectivity index (χ2n) is 8.28. The number of likely N-dealkylation sites (tertiary alicyclic amines) is 1. The quantitative estimate of drug-likeness (QED) is 0.296. The van der Waals surface area contributed by atoms with Gasteiger partial charge in [0.05, 0.1) is 16.2 Å². The highest BCUT2D eigenvalue weighted by atomic mass is 35.5. The van der Waals surface area contributed by atoms with Crippen LogP contribution >= 0.6 is 22.9 Å². The summed E-state index contributed by atoms with van der Waals surface area (Å²) in [4.78, 5) is 22.9. The van der Waals surface area contributed by atoms with Gasteiger partial charge in [0.1, 0.15) is 10.7 Å². The maximum atomic E-state index is 15.2. The Hall–Kier alpha value is -2.73. The van der Waals surface area contributed by atoms with Gasteiger partial charge in [0.2, 0.25) is 0 Å². The van der Waals surface area contributed by atoms with E-state index in [0.717, 1.165) is 43.0 Å². The first-order valence-electron chi connectivity index (χ1n) is 10.8. The average molecular weight is 539 g/mol. The molecule has 0 amide bonds. The van der Waals surface area contributed by atoms with E-state index < -0.39 is 20.7 Å². The highest BCUT2D eigenvalue weighted by molar-refractivity contribution is 7.92. The molecule has 0 spiro atoms. The van der Waals surface area contributed by atoms with Gasteiger partial charge in [-0.1, -0.05) is 46.4 Å². The molecule has 1 aliphatic heterocycles. The zero-order chi connectivity index (χ0) is 25.2. The predicted molar refractivity (Wildman–Crippen MR) is 133 cm³/mol. The van der Waals surface area contributed by atoms with Gasteiger partial charge in [-0.2, -0.15) is 8.42 Å². The average Bonchev–Trinajstić information content (AvgIpc) is 3.49. The van der Waals surface area contributed by atoms with E-state index in [1.165, 1.54) is 16.5 Å². The van der Waals surface area contributed by atoms with Gasteiger partial charge >= 0.3 is 6.47 Å².